The van der Waals surface area contributed by atoms with Crippen LogP contribution in [0.5, 0.6) is 5.75 Å². The van der Waals surface area contributed by atoms with E-state index >= 15 is 0 Å². The van der Waals surface area contributed by atoms with Crippen molar-refractivity contribution in [3.8, 4) is 5.75 Å². The molecule has 4 nitrogen and oxygen atoms in total. The van der Waals surface area contributed by atoms with Crippen LogP contribution in [0.4, 0.5) is 4.39 Å². The molecule has 1 unspecified atom stereocenters. The lowest BCUT2D eigenvalue weighted by Gasteiger charge is -2.17. The lowest BCUT2D eigenvalue weighted by molar-refractivity contribution is -0.149. The Morgan fingerprint density at radius 3 is 2.88 bits per heavy atom. The first-order valence-corrected chi connectivity index (χ1v) is 5.82. The number of halogens is 2. The fourth-order valence-corrected chi connectivity index (χ4v) is 1.71. The molecule has 0 aliphatic carbocycles. The van der Waals surface area contributed by atoms with E-state index in [1.807, 2.05) is 0 Å². The quantitative estimate of drug-likeness (QED) is 0.835. The molecule has 0 aromatic heterocycles. The molecule has 94 valence electrons. The standard InChI is InChI=1S/C11H13BrFNO3/c1-2-17-11(16)8(13)9(14)6-4-3-5-7(12)10(6)15/h3-5,8-9,15H,2,14H2,1H3/t8?,9-/m0/s1. The van der Waals surface area contributed by atoms with Gasteiger partial charge in [0.05, 0.1) is 17.1 Å². The number of hydrogen-bond donors (Lipinski definition) is 2. The molecule has 6 heteroatoms. The van der Waals surface area contributed by atoms with E-state index in [0.29, 0.717) is 4.47 Å². The summed E-state index contributed by atoms with van der Waals surface area (Å²) in [4.78, 5) is 11.2. The highest BCUT2D eigenvalue weighted by Gasteiger charge is 2.29. The van der Waals surface area contributed by atoms with E-state index in [1.165, 1.54) is 6.07 Å². The second-order valence-electron chi connectivity index (χ2n) is 3.36. The van der Waals surface area contributed by atoms with Crippen molar-refractivity contribution in [1.29, 1.82) is 0 Å². The highest BCUT2D eigenvalue weighted by molar-refractivity contribution is 9.10. The predicted molar refractivity (Wildman–Crippen MR) is 64.3 cm³/mol. The number of carbonyl (C=O) groups is 1. The van der Waals surface area contributed by atoms with Crippen molar-refractivity contribution < 1.29 is 19.0 Å². The van der Waals surface area contributed by atoms with Gasteiger partial charge in [0.2, 0.25) is 6.17 Å². The summed E-state index contributed by atoms with van der Waals surface area (Å²) in [5.74, 6) is -1.20. The van der Waals surface area contributed by atoms with Gasteiger partial charge in [-0.05, 0) is 28.9 Å². The molecule has 3 N–H and O–H groups in total. The molecule has 0 heterocycles. The summed E-state index contributed by atoms with van der Waals surface area (Å²) < 4.78 is 18.6. The number of alkyl halides is 1. The molecule has 0 aliphatic rings. The van der Waals surface area contributed by atoms with E-state index < -0.39 is 18.2 Å². The summed E-state index contributed by atoms with van der Waals surface area (Å²) in [6, 6.07) is 3.38. The number of benzene rings is 1. The van der Waals surface area contributed by atoms with Gasteiger partial charge in [-0.2, -0.15) is 0 Å². The molecule has 1 rings (SSSR count). The van der Waals surface area contributed by atoms with Crippen molar-refractivity contribution in [3.05, 3.63) is 28.2 Å². The van der Waals surface area contributed by atoms with Gasteiger partial charge in [0.25, 0.3) is 0 Å². The minimum atomic E-state index is -2.00. The molecule has 2 atom stereocenters. The summed E-state index contributed by atoms with van der Waals surface area (Å²) >= 11 is 3.09. The number of carbonyl (C=O) groups excluding carboxylic acids is 1. The highest BCUT2D eigenvalue weighted by atomic mass is 79.9. The number of rotatable bonds is 4. The first kappa shape index (κ1) is 13.9. The Balaban J connectivity index is 2.92. The smallest absolute Gasteiger partial charge is 0.342 e. The van der Waals surface area contributed by atoms with E-state index in [9.17, 15) is 14.3 Å². The van der Waals surface area contributed by atoms with Gasteiger partial charge in [0.1, 0.15) is 5.75 Å². The lowest BCUT2D eigenvalue weighted by atomic mass is 10.0. The van der Waals surface area contributed by atoms with Crippen LogP contribution >= 0.6 is 15.9 Å². The van der Waals surface area contributed by atoms with Crippen LogP contribution in [0.2, 0.25) is 0 Å². The third-order valence-corrected chi connectivity index (χ3v) is 2.84. The van der Waals surface area contributed by atoms with Crippen LogP contribution in [-0.2, 0) is 9.53 Å². The van der Waals surface area contributed by atoms with Crippen molar-refractivity contribution in [1.82, 2.24) is 0 Å². The van der Waals surface area contributed by atoms with Crippen LogP contribution in [-0.4, -0.2) is 23.9 Å². The largest absolute Gasteiger partial charge is 0.506 e. The number of esters is 1. The minimum Gasteiger partial charge on any atom is -0.506 e. The van der Waals surface area contributed by atoms with E-state index in [2.05, 4.69) is 20.7 Å². The van der Waals surface area contributed by atoms with Gasteiger partial charge in [-0.25, -0.2) is 9.18 Å². The SMILES string of the molecule is CCOC(=O)C(F)[C@@H](N)c1cccc(Br)c1O. The van der Waals surface area contributed by atoms with Crippen LogP contribution in [0.15, 0.2) is 22.7 Å². The van der Waals surface area contributed by atoms with E-state index in [1.54, 1.807) is 19.1 Å². The second-order valence-corrected chi connectivity index (χ2v) is 4.21. The normalized spacial score (nSPS) is 14.1. The Morgan fingerprint density at radius 2 is 2.29 bits per heavy atom. The molecule has 0 bridgehead atoms. The molecule has 0 spiro atoms. The highest BCUT2D eigenvalue weighted by Crippen LogP contribution is 2.32. The molecule has 0 fully saturated rings. The monoisotopic (exact) mass is 305 g/mol. The van der Waals surface area contributed by atoms with Gasteiger partial charge < -0.3 is 15.6 Å². The third-order valence-electron chi connectivity index (χ3n) is 2.20. The molecular formula is C11H13BrFNO3. The number of para-hydroxylation sites is 1. The summed E-state index contributed by atoms with van der Waals surface area (Å²) in [5, 5.41) is 9.68. The van der Waals surface area contributed by atoms with Crippen molar-refractivity contribution in [2.45, 2.75) is 19.1 Å². The van der Waals surface area contributed by atoms with Gasteiger partial charge >= 0.3 is 5.97 Å². The van der Waals surface area contributed by atoms with E-state index in [0.717, 1.165) is 0 Å². The molecular weight excluding hydrogens is 293 g/mol. The Bertz CT molecular complexity index is 414. The number of phenols is 1. The number of phenolic OH excluding ortho intramolecular Hbond substituents is 1. The van der Waals surface area contributed by atoms with Crippen LogP contribution in [0.25, 0.3) is 0 Å². The average molecular weight is 306 g/mol. The van der Waals surface area contributed by atoms with Crippen LogP contribution in [0.1, 0.15) is 18.5 Å². The first-order chi connectivity index (χ1) is 7.99. The zero-order chi connectivity index (χ0) is 13.0. The van der Waals surface area contributed by atoms with Gasteiger partial charge in [-0.15, -0.1) is 0 Å². The van der Waals surface area contributed by atoms with Gasteiger partial charge in [0, 0.05) is 5.56 Å². The minimum absolute atomic E-state index is 0.0798. The maximum Gasteiger partial charge on any atom is 0.342 e. The van der Waals surface area contributed by atoms with Gasteiger partial charge in [0.15, 0.2) is 0 Å². The fraction of sp³-hybridized carbons (Fsp3) is 0.364. The zero-order valence-electron chi connectivity index (χ0n) is 9.19. The number of ether oxygens (including phenoxy) is 1. The van der Waals surface area contributed by atoms with Crippen molar-refractivity contribution in [2.75, 3.05) is 6.61 Å². The topological polar surface area (TPSA) is 72.5 Å². The maximum absolute atomic E-state index is 13.6. The molecule has 0 amide bonds. The first-order valence-electron chi connectivity index (χ1n) is 5.02. The predicted octanol–water partition coefficient (Wildman–Crippen LogP) is 2.06. The Morgan fingerprint density at radius 1 is 1.65 bits per heavy atom. The zero-order valence-corrected chi connectivity index (χ0v) is 10.8. The van der Waals surface area contributed by atoms with Crippen LogP contribution in [0, 0.1) is 0 Å². The van der Waals surface area contributed by atoms with Gasteiger partial charge in [-0.1, -0.05) is 12.1 Å². The Labute approximate surface area is 107 Å². The van der Waals surface area contributed by atoms with Crippen molar-refractivity contribution in [2.24, 2.45) is 5.73 Å². The molecule has 0 radical (unpaired) electrons. The summed E-state index contributed by atoms with van der Waals surface area (Å²) in [5.41, 5.74) is 5.74. The third kappa shape index (κ3) is 3.17. The van der Waals surface area contributed by atoms with E-state index in [-0.39, 0.29) is 17.9 Å². The summed E-state index contributed by atoms with van der Waals surface area (Å²) in [6.45, 7) is 1.66. The van der Waals surface area contributed by atoms with Crippen LogP contribution < -0.4 is 5.73 Å². The molecule has 0 saturated carbocycles. The van der Waals surface area contributed by atoms with Crippen molar-refractivity contribution in [3.63, 3.8) is 0 Å². The Kier molecular flexibility index (Phi) is 4.89. The average Bonchev–Trinajstić information content (AvgIpc) is 2.31. The number of nitrogens with two attached hydrogens (primary N) is 1. The molecule has 1 aromatic carbocycles. The Hall–Kier alpha value is -1.14. The molecule has 0 saturated heterocycles. The number of aromatic hydroxyl groups is 1. The maximum atomic E-state index is 13.6. The summed E-state index contributed by atoms with van der Waals surface area (Å²) in [7, 11) is 0. The van der Waals surface area contributed by atoms with Gasteiger partial charge in [-0.3, -0.25) is 0 Å². The number of hydrogen-bond acceptors (Lipinski definition) is 4. The molecule has 1 aromatic rings. The fourth-order valence-electron chi connectivity index (χ4n) is 1.33. The summed E-state index contributed by atoms with van der Waals surface area (Å²) in [6.07, 6.45) is -2.00. The van der Waals surface area contributed by atoms with E-state index in [4.69, 9.17) is 5.73 Å². The lowest BCUT2D eigenvalue weighted by Crippen LogP contribution is -2.31. The van der Waals surface area contributed by atoms with Crippen LogP contribution in [0.3, 0.4) is 0 Å². The second kappa shape index (κ2) is 5.97. The molecule has 0 aliphatic heterocycles. The van der Waals surface area contributed by atoms with Crippen molar-refractivity contribution >= 4 is 21.9 Å². The molecule has 17 heavy (non-hydrogen) atoms.